The molecule has 0 radical (unpaired) electrons. The molecule has 4 heteroatoms. The van der Waals surface area contributed by atoms with Crippen LogP contribution in [-0.2, 0) is 17.9 Å². The molecular weight excluding hydrogens is 276 g/mol. The second-order valence-electron chi connectivity index (χ2n) is 5.91. The fourth-order valence-electron chi connectivity index (χ4n) is 2.21. The maximum absolute atomic E-state index is 12.1. The number of hydrogen-bond donors (Lipinski definition) is 1. The first-order valence-corrected chi connectivity index (χ1v) is 7.69. The summed E-state index contributed by atoms with van der Waals surface area (Å²) in [5.41, 5.74) is 1.19. The minimum atomic E-state index is 0.0520. The van der Waals surface area contributed by atoms with Crippen LogP contribution < -0.4 is 5.32 Å². The van der Waals surface area contributed by atoms with E-state index in [4.69, 9.17) is 4.42 Å². The van der Waals surface area contributed by atoms with E-state index < -0.39 is 0 Å². The van der Waals surface area contributed by atoms with Crippen LogP contribution in [0.4, 0.5) is 0 Å². The fraction of sp³-hybridized carbons (Fsp3) is 0.389. The number of furan rings is 1. The van der Waals surface area contributed by atoms with Crippen molar-refractivity contribution in [3.63, 3.8) is 0 Å². The van der Waals surface area contributed by atoms with Crippen molar-refractivity contribution in [2.24, 2.45) is 5.92 Å². The lowest BCUT2D eigenvalue weighted by molar-refractivity contribution is -0.122. The van der Waals surface area contributed by atoms with Gasteiger partial charge in [0.2, 0.25) is 5.91 Å². The summed E-state index contributed by atoms with van der Waals surface area (Å²) in [5.74, 6) is 1.38. The Morgan fingerprint density at radius 2 is 1.91 bits per heavy atom. The SMILES string of the molecule is CC(C)CNC(=O)CN(Cc1ccccc1)Cc1ccco1. The first kappa shape index (κ1) is 16.3. The Hall–Kier alpha value is -2.07. The summed E-state index contributed by atoms with van der Waals surface area (Å²) < 4.78 is 5.41. The predicted molar refractivity (Wildman–Crippen MR) is 87.1 cm³/mol. The molecule has 118 valence electrons. The van der Waals surface area contributed by atoms with Crippen LogP contribution in [0.15, 0.2) is 53.1 Å². The predicted octanol–water partition coefficient (Wildman–Crippen LogP) is 3.05. The molecule has 0 unspecified atom stereocenters. The Morgan fingerprint density at radius 1 is 1.14 bits per heavy atom. The minimum Gasteiger partial charge on any atom is -0.468 e. The van der Waals surface area contributed by atoms with Gasteiger partial charge < -0.3 is 9.73 Å². The van der Waals surface area contributed by atoms with Crippen LogP contribution in [0.5, 0.6) is 0 Å². The van der Waals surface area contributed by atoms with Crippen LogP contribution in [0.25, 0.3) is 0 Å². The van der Waals surface area contributed by atoms with Gasteiger partial charge in [-0.1, -0.05) is 44.2 Å². The first-order valence-electron chi connectivity index (χ1n) is 7.69. The van der Waals surface area contributed by atoms with Gasteiger partial charge in [-0.2, -0.15) is 0 Å². The Balaban J connectivity index is 1.96. The van der Waals surface area contributed by atoms with Crippen LogP contribution in [-0.4, -0.2) is 23.9 Å². The Labute approximate surface area is 132 Å². The van der Waals surface area contributed by atoms with Gasteiger partial charge in [-0.05, 0) is 23.6 Å². The molecule has 1 amide bonds. The zero-order chi connectivity index (χ0) is 15.8. The molecule has 1 aromatic heterocycles. The molecule has 0 saturated heterocycles. The van der Waals surface area contributed by atoms with Crippen molar-refractivity contribution in [1.82, 2.24) is 10.2 Å². The van der Waals surface area contributed by atoms with E-state index in [2.05, 4.69) is 36.2 Å². The molecule has 0 aliphatic carbocycles. The smallest absolute Gasteiger partial charge is 0.234 e. The lowest BCUT2D eigenvalue weighted by Gasteiger charge is -2.21. The van der Waals surface area contributed by atoms with Crippen molar-refractivity contribution in [1.29, 1.82) is 0 Å². The Morgan fingerprint density at radius 3 is 2.55 bits per heavy atom. The summed E-state index contributed by atoms with van der Waals surface area (Å²) in [6.45, 7) is 6.59. The minimum absolute atomic E-state index is 0.0520. The molecule has 0 saturated carbocycles. The van der Waals surface area contributed by atoms with E-state index in [0.29, 0.717) is 25.6 Å². The normalized spacial score (nSPS) is 11.1. The number of amides is 1. The third kappa shape index (κ3) is 5.74. The maximum atomic E-state index is 12.1. The lowest BCUT2D eigenvalue weighted by atomic mass is 10.2. The van der Waals surface area contributed by atoms with E-state index in [1.807, 2.05) is 30.3 Å². The van der Waals surface area contributed by atoms with Crippen molar-refractivity contribution >= 4 is 5.91 Å². The van der Waals surface area contributed by atoms with E-state index in [1.165, 1.54) is 5.56 Å². The van der Waals surface area contributed by atoms with Crippen LogP contribution in [0.2, 0.25) is 0 Å². The number of nitrogens with one attached hydrogen (secondary N) is 1. The average molecular weight is 300 g/mol. The molecule has 1 N–H and O–H groups in total. The zero-order valence-corrected chi connectivity index (χ0v) is 13.3. The quantitative estimate of drug-likeness (QED) is 0.815. The van der Waals surface area contributed by atoms with Gasteiger partial charge in [0, 0.05) is 13.1 Å². The van der Waals surface area contributed by atoms with E-state index in [1.54, 1.807) is 6.26 Å². The summed E-state index contributed by atoms with van der Waals surface area (Å²) in [6, 6.07) is 14.0. The van der Waals surface area contributed by atoms with E-state index in [-0.39, 0.29) is 5.91 Å². The fourth-order valence-corrected chi connectivity index (χ4v) is 2.21. The molecule has 0 atom stereocenters. The molecule has 1 aromatic carbocycles. The maximum Gasteiger partial charge on any atom is 0.234 e. The molecule has 0 bridgehead atoms. The van der Waals surface area contributed by atoms with E-state index in [9.17, 15) is 4.79 Å². The summed E-state index contributed by atoms with van der Waals surface area (Å²) in [7, 11) is 0. The van der Waals surface area contributed by atoms with Gasteiger partial charge in [-0.25, -0.2) is 0 Å². The highest BCUT2D eigenvalue weighted by Gasteiger charge is 2.13. The van der Waals surface area contributed by atoms with Crippen LogP contribution in [0.1, 0.15) is 25.2 Å². The van der Waals surface area contributed by atoms with E-state index in [0.717, 1.165) is 12.3 Å². The van der Waals surface area contributed by atoms with Crippen molar-refractivity contribution in [2.45, 2.75) is 26.9 Å². The largest absolute Gasteiger partial charge is 0.468 e. The Bertz CT molecular complexity index is 550. The molecule has 22 heavy (non-hydrogen) atoms. The van der Waals surface area contributed by atoms with Gasteiger partial charge in [0.05, 0.1) is 19.4 Å². The summed E-state index contributed by atoms with van der Waals surface area (Å²) in [4.78, 5) is 14.2. The molecule has 1 heterocycles. The topological polar surface area (TPSA) is 45.5 Å². The van der Waals surface area contributed by atoms with Crippen LogP contribution in [0, 0.1) is 5.92 Å². The average Bonchev–Trinajstić information content (AvgIpc) is 2.99. The molecule has 0 fully saturated rings. The number of rotatable bonds is 8. The third-order valence-corrected chi connectivity index (χ3v) is 3.28. The van der Waals surface area contributed by atoms with Crippen LogP contribution in [0.3, 0.4) is 0 Å². The standard InChI is InChI=1S/C18H24N2O2/c1-15(2)11-19-18(21)14-20(13-17-9-6-10-22-17)12-16-7-4-3-5-8-16/h3-10,15H,11-14H2,1-2H3,(H,19,21). The number of carbonyl (C=O) groups excluding carboxylic acids is 1. The summed E-state index contributed by atoms with van der Waals surface area (Å²) >= 11 is 0. The summed E-state index contributed by atoms with van der Waals surface area (Å²) in [6.07, 6.45) is 1.66. The highest BCUT2D eigenvalue weighted by atomic mass is 16.3. The molecule has 0 spiro atoms. The van der Waals surface area contributed by atoms with Gasteiger partial charge >= 0.3 is 0 Å². The van der Waals surface area contributed by atoms with Gasteiger partial charge in [0.25, 0.3) is 0 Å². The number of benzene rings is 1. The van der Waals surface area contributed by atoms with Crippen molar-refractivity contribution in [3.05, 3.63) is 60.1 Å². The molecule has 2 rings (SSSR count). The second-order valence-corrected chi connectivity index (χ2v) is 5.91. The van der Waals surface area contributed by atoms with Gasteiger partial charge in [-0.3, -0.25) is 9.69 Å². The lowest BCUT2D eigenvalue weighted by Crippen LogP contribution is -2.38. The van der Waals surface area contributed by atoms with Gasteiger partial charge in [0.15, 0.2) is 0 Å². The monoisotopic (exact) mass is 300 g/mol. The third-order valence-electron chi connectivity index (χ3n) is 3.28. The molecule has 0 aliphatic rings. The Kier molecular flexibility index (Phi) is 6.22. The number of nitrogens with zero attached hydrogens (tertiary/aromatic N) is 1. The molecule has 0 aliphatic heterocycles. The zero-order valence-electron chi connectivity index (χ0n) is 13.3. The van der Waals surface area contributed by atoms with Crippen molar-refractivity contribution in [3.8, 4) is 0 Å². The first-order chi connectivity index (χ1) is 10.6. The van der Waals surface area contributed by atoms with Crippen molar-refractivity contribution < 1.29 is 9.21 Å². The molecular formula is C18H24N2O2. The summed E-state index contributed by atoms with van der Waals surface area (Å²) in [5, 5.41) is 2.97. The highest BCUT2D eigenvalue weighted by molar-refractivity contribution is 5.78. The van der Waals surface area contributed by atoms with Crippen molar-refractivity contribution in [2.75, 3.05) is 13.1 Å². The second kappa shape index (κ2) is 8.39. The number of carbonyl (C=O) groups is 1. The van der Waals surface area contributed by atoms with Gasteiger partial charge in [0.1, 0.15) is 5.76 Å². The number of hydrogen-bond acceptors (Lipinski definition) is 3. The van der Waals surface area contributed by atoms with E-state index >= 15 is 0 Å². The van der Waals surface area contributed by atoms with Gasteiger partial charge in [-0.15, -0.1) is 0 Å². The van der Waals surface area contributed by atoms with Crippen LogP contribution >= 0.6 is 0 Å². The highest BCUT2D eigenvalue weighted by Crippen LogP contribution is 2.10. The molecule has 2 aromatic rings. The molecule has 4 nitrogen and oxygen atoms in total.